The summed E-state index contributed by atoms with van der Waals surface area (Å²) in [5, 5.41) is -0.731. The van der Waals surface area contributed by atoms with Crippen LogP contribution >= 0.6 is 22.9 Å². The molecule has 0 saturated carbocycles. The number of sulfonamides is 1. The molecule has 0 saturated heterocycles. The van der Waals surface area contributed by atoms with Crippen LogP contribution in [0.15, 0.2) is 16.3 Å². The molecule has 0 aliphatic heterocycles. The number of rotatable bonds is 5. The van der Waals surface area contributed by atoms with Gasteiger partial charge in [0.05, 0.1) is 6.54 Å². The van der Waals surface area contributed by atoms with E-state index in [1.54, 1.807) is 6.07 Å². The Bertz CT molecular complexity index is 452. The molecule has 0 unspecified atom stereocenters. The van der Waals surface area contributed by atoms with Crippen LogP contribution in [0.5, 0.6) is 0 Å². The van der Waals surface area contributed by atoms with Gasteiger partial charge in [0.1, 0.15) is 4.21 Å². The first-order valence-corrected chi connectivity index (χ1v) is 6.90. The van der Waals surface area contributed by atoms with Crippen molar-refractivity contribution in [2.75, 3.05) is 6.54 Å². The minimum absolute atomic E-state index is 0.206. The Kier molecular flexibility index (Phi) is 4.27. The lowest BCUT2D eigenvalue weighted by molar-refractivity contribution is -0.110. The number of carbonyl (C=O) groups is 1. The second kappa shape index (κ2) is 5.07. The van der Waals surface area contributed by atoms with Gasteiger partial charge in [-0.1, -0.05) is 6.92 Å². The topological polar surface area (TPSA) is 63.2 Å². The van der Waals surface area contributed by atoms with Crippen molar-refractivity contribution in [1.82, 2.24) is 4.72 Å². The first-order valence-electron chi connectivity index (χ1n) is 4.22. The number of aryl methyl sites for hydroxylation is 1. The summed E-state index contributed by atoms with van der Waals surface area (Å²) in [6.07, 6.45) is 0.786. The van der Waals surface area contributed by atoms with Crippen molar-refractivity contribution in [2.24, 2.45) is 0 Å². The monoisotopic (exact) mass is 267 g/mol. The normalized spacial score (nSPS) is 11.6. The average Bonchev–Trinajstić information content (AvgIpc) is 2.63. The smallest absolute Gasteiger partial charge is 0.250 e. The van der Waals surface area contributed by atoms with Gasteiger partial charge in [-0.15, -0.1) is 11.3 Å². The van der Waals surface area contributed by atoms with Crippen molar-refractivity contribution in [1.29, 1.82) is 0 Å². The van der Waals surface area contributed by atoms with Crippen LogP contribution in [0.25, 0.3) is 0 Å². The SMILES string of the molecule is CCc1ccc(S(=O)(=O)NCC(=O)Cl)s1. The largest absolute Gasteiger partial charge is 0.280 e. The number of carbonyl (C=O) groups excluding carboxylic acids is 1. The van der Waals surface area contributed by atoms with Gasteiger partial charge in [-0.05, 0) is 30.2 Å². The number of thiophene rings is 1. The van der Waals surface area contributed by atoms with E-state index in [2.05, 4.69) is 4.72 Å². The Morgan fingerprint density at radius 3 is 2.67 bits per heavy atom. The second-order valence-electron chi connectivity index (χ2n) is 2.75. The number of hydrogen-bond donors (Lipinski definition) is 1. The van der Waals surface area contributed by atoms with E-state index in [1.807, 2.05) is 6.92 Å². The zero-order valence-electron chi connectivity index (χ0n) is 7.99. The van der Waals surface area contributed by atoms with E-state index in [4.69, 9.17) is 11.6 Å². The van der Waals surface area contributed by atoms with Gasteiger partial charge in [0.2, 0.25) is 5.24 Å². The quantitative estimate of drug-likeness (QED) is 0.820. The lowest BCUT2D eigenvalue weighted by Crippen LogP contribution is -2.27. The van der Waals surface area contributed by atoms with E-state index in [1.165, 1.54) is 17.4 Å². The molecule has 1 N–H and O–H groups in total. The minimum atomic E-state index is -3.58. The maximum Gasteiger partial charge on any atom is 0.250 e. The minimum Gasteiger partial charge on any atom is -0.280 e. The van der Waals surface area contributed by atoms with E-state index in [-0.39, 0.29) is 10.8 Å². The molecule has 0 aliphatic rings. The molecule has 0 fully saturated rings. The summed E-state index contributed by atoms with van der Waals surface area (Å²) < 4.78 is 25.4. The van der Waals surface area contributed by atoms with Crippen molar-refractivity contribution in [3.05, 3.63) is 17.0 Å². The van der Waals surface area contributed by atoms with E-state index < -0.39 is 15.3 Å². The summed E-state index contributed by atoms with van der Waals surface area (Å²) in [6, 6.07) is 3.27. The lowest BCUT2D eigenvalue weighted by Gasteiger charge is -2.00. The van der Waals surface area contributed by atoms with Gasteiger partial charge in [-0.2, -0.15) is 0 Å². The first kappa shape index (κ1) is 12.6. The fourth-order valence-electron chi connectivity index (χ4n) is 0.916. The Hall–Kier alpha value is -0.430. The highest BCUT2D eigenvalue weighted by molar-refractivity contribution is 7.91. The zero-order chi connectivity index (χ0) is 11.5. The molecular weight excluding hydrogens is 258 g/mol. The summed E-state index contributed by atoms with van der Waals surface area (Å²) in [7, 11) is -3.58. The Balaban J connectivity index is 2.81. The van der Waals surface area contributed by atoms with Crippen LogP contribution in [-0.4, -0.2) is 20.2 Å². The molecule has 0 spiro atoms. The van der Waals surface area contributed by atoms with E-state index in [0.717, 1.165) is 11.3 Å². The predicted molar refractivity (Wildman–Crippen MR) is 59.7 cm³/mol. The molecule has 0 amide bonds. The second-order valence-corrected chi connectivity index (χ2v) is 6.34. The van der Waals surface area contributed by atoms with Gasteiger partial charge < -0.3 is 0 Å². The molecule has 0 radical (unpaired) electrons. The maximum atomic E-state index is 11.6. The van der Waals surface area contributed by atoms with E-state index in [9.17, 15) is 13.2 Å². The van der Waals surface area contributed by atoms with Crippen LogP contribution < -0.4 is 4.72 Å². The van der Waals surface area contributed by atoms with Crippen molar-refractivity contribution in [2.45, 2.75) is 17.6 Å². The summed E-state index contributed by atoms with van der Waals surface area (Å²) in [6.45, 7) is 1.56. The third-order valence-corrected chi connectivity index (χ3v) is 4.91. The van der Waals surface area contributed by atoms with Crippen LogP contribution in [-0.2, 0) is 21.2 Å². The molecule has 84 valence electrons. The molecule has 0 aliphatic carbocycles. The summed E-state index contributed by atoms with van der Waals surface area (Å²) >= 11 is 6.23. The highest BCUT2D eigenvalue weighted by Crippen LogP contribution is 2.21. The number of halogens is 1. The van der Waals surface area contributed by atoms with E-state index >= 15 is 0 Å². The van der Waals surface area contributed by atoms with Crippen LogP contribution in [0, 0.1) is 0 Å². The van der Waals surface area contributed by atoms with Crippen LogP contribution in [0.2, 0.25) is 0 Å². The highest BCUT2D eigenvalue weighted by atomic mass is 35.5. The third-order valence-electron chi connectivity index (χ3n) is 1.65. The summed E-state index contributed by atoms with van der Waals surface area (Å²) in [5.74, 6) is 0. The number of hydrogen-bond acceptors (Lipinski definition) is 4. The van der Waals surface area contributed by atoms with Gasteiger partial charge >= 0.3 is 0 Å². The third kappa shape index (κ3) is 3.57. The molecule has 1 aromatic rings. The summed E-state index contributed by atoms with van der Waals surface area (Å²) in [4.78, 5) is 11.4. The van der Waals surface area contributed by atoms with Gasteiger partial charge in [0.25, 0.3) is 10.0 Å². The van der Waals surface area contributed by atoms with E-state index in [0.29, 0.717) is 0 Å². The molecule has 4 nitrogen and oxygen atoms in total. The molecule has 0 atom stereocenters. The summed E-state index contributed by atoms with van der Waals surface area (Å²) in [5.41, 5.74) is 0. The molecule has 1 aromatic heterocycles. The van der Waals surface area contributed by atoms with Gasteiger partial charge in [-0.25, -0.2) is 13.1 Å². The Morgan fingerprint density at radius 1 is 1.53 bits per heavy atom. The van der Waals surface area contributed by atoms with Crippen molar-refractivity contribution in [3.63, 3.8) is 0 Å². The maximum absolute atomic E-state index is 11.6. The van der Waals surface area contributed by atoms with Crippen molar-refractivity contribution in [3.8, 4) is 0 Å². The standard InChI is InChI=1S/C8H10ClNO3S2/c1-2-6-3-4-8(14-6)15(12,13)10-5-7(9)11/h3-4,10H,2,5H2,1H3. The predicted octanol–water partition coefficient (Wildman–Crippen LogP) is 1.35. The molecule has 0 bridgehead atoms. The van der Waals surface area contributed by atoms with Crippen LogP contribution in [0.3, 0.4) is 0 Å². The molecule has 1 heterocycles. The molecular formula is C8H10ClNO3S2. The van der Waals surface area contributed by atoms with Gasteiger partial charge in [-0.3, -0.25) is 4.79 Å². The fraction of sp³-hybridized carbons (Fsp3) is 0.375. The Labute approximate surface area is 97.3 Å². The molecule has 0 aromatic carbocycles. The van der Waals surface area contributed by atoms with Crippen molar-refractivity contribution >= 4 is 38.2 Å². The van der Waals surface area contributed by atoms with Gasteiger partial charge in [0.15, 0.2) is 0 Å². The first-order chi connectivity index (χ1) is 6.95. The Morgan fingerprint density at radius 2 is 2.20 bits per heavy atom. The molecule has 1 rings (SSSR count). The lowest BCUT2D eigenvalue weighted by atomic mass is 10.4. The highest BCUT2D eigenvalue weighted by Gasteiger charge is 2.16. The fourth-order valence-corrected chi connectivity index (χ4v) is 3.38. The van der Waals surface area contributed by atoms with Crippen LogP contribution in [0.4, 0.5) is 0 Å². The van der Waals surface area contributed by atoms with Crippen LogP contribution in [0.1, 0.15) is 11.8 Å². The average molecular weight is 268 g/mol. The molecule has 15 heavy (non-hydrogen) atoms. The molecule has 7 heteroatoms. The number of nitrogens with one attached hydrogen (secondary N) is 1. The zero-order valence-corrected chi connectivity index (χ0v) is 10.4. The van der Waals surface area contributed by atoms with Crippen molar-refractivity contribution < 1.29 is 13.2 Å². The van der Waals surface area contributed by atoms with Gasteiger partial charge in [0, 0.05) is 4.88 Å².